The minimum atomic E-state index is -0.613. The summed E-state index contributed by atoms with van der Waals surface area (Å²) < 4.78 is 10.4. The van der Waals surface area contributed by atoms with Crippen molar-refractivity contribution in [2.75, 3.05) is 19.0 Å². The molecule has 0 bridgehead atoms. The lowest BCUT2D eigenvalue weighted by Crippen LogP contribution is -2.20. The standard InChI is InChI=1S/C16H14Cl2N2O4/c1-23-14-6-9(2-5-13(14)24-8-15(19)21)16(22)20-10-3-4-11(17)12(18)7-10/h2-7H,8H2,1H3,(H2,19,21)(H,20,22). The van der Waals surface area contributed by atoms with Gasteiger partial charge in [0.2, 0.25) is 0 Å². The molecule has 0 aliphatic rings. The molecule has 3 N–H and O–H groups in total. The molecule has 0 aromatic heterocycles. The molecule has 0 heterocycles. The Balaban J connectivity index is 2.16. The van der Waals surface area contributed by atoms with Crippen LogP contribution in [0.25, 0.3) is 0 Å². The Morgan fingerprint density at radius 1 is 1.08 bits per heavy atom. The Labute approximate surface area is 148 Å². The maximum Gasteiger partial charge on any atom is 0.255 e. The van der Waals surface area contributed by atoms with E-state index in [1.54, 1.807) is 18.2 Å². The van der Waals surface area contributed by atoms with Gasteiger partial charge in [-0.25, -0.2) is 0 Å². The molecule has 6 nitrogen and oxygen atoms in total. The van der Waals surface area contributed by atoms with Gasteiger partial charge in [-0.15, -0.1) is 0 Å². The van der Waals surface area contributed by atoms with Crippen molar-refractivity contribution in [1.29, 1.82) is 0 Å². The average Bonchev–Trinajstić information content (AvgIpc) is 2.56. The number of primary amides is 1. The van der Waals surface area contributed by atoms with Gasteiger partial charge in [-0.3, -0.25) is 9.59 Å². The van der Waals surface area contributed by atoms with Crippen molar-refractivity contribution in [2.24, 2.45) is 5.73 Å². The predicted octanol–water partition coefficient (Wildman–Crippen LogP) is 3.12. The highest BCUT2D eigenvalue weighted by molar-refractivity contribution is 6.42. The molecule has 0 radical (unpaired) electrons. The molecular weight excluding hydrogens is 355 g/mol. The maximum absolute atomic E-state index is 12.3. The van der Waals surface area contributed by atoms with Gasteiger partial charge in [0, 0.05) is 11.3 Å². The van der Waals surface area contributed by atoms with Crippen molar-refractivity contribution in [3.63, 3.8) is 0 Å². The van der Waals surface area contributed by atoms with Crippen LogP contribution < -0.4 is 20.5 Å². The monoisotopic (exact) mass is 368 g/mol. The molecule has 0 spiro atoms. The number of rotatable bonds is 6. The fourth-order valence-electron chi connectivity index (χ4n) is 1.85. The van der Waals surface area contributed by atoms with Crippen LogP contribution in [0.15, 0.2) is 36.4 Å². The Bertz CT molecular complexity index is 781. The van der Waals surface area contributed by atoms with Gasteiger partial charge in [0.25, 0.3) is 11.8 Å². The molecular formula is C16H14Cl2N2O4. The first kappa shape index (κ1) is 17.9. The second-order valence-corrected chi connectivity index (χ2v) is 5.52. The first-order valence-corrected chi connectivity index (χ1v) is 7.52. The third-order valence-electron chi connectivity index (χ3n) is 2.97. The van der Waals surface area contributed by atoms with E-state index in [2.05, 4.69) is 5.32 Å². The molecule has 2 amide bonds. The van der Waals surface area contributed by atoms with Gasteiger partial charge in [0.1, 0.15) is 0 Å². The zero-order chi connectivity index (χ0) is 17.7. The van der Waals surface area contributed by atoms with Crippen molar-refractivity contribution >= 4 is 40.7 Å². The summed E-state index contributed by atoms with van der Waals surface area (Å²) in [5.74, 6) is -0.368. The van der Waals surface area contributed by atoms with E-state index in [-0.39, 0.29) is 12.5 Å². The maximum atomic E-state index is 12.3. The summed E-state index contributed by atoms with van der Waals surface area (Å²) in [6.45, 7) is -0.287. The SMILES string of the molecule is COc1cc(C(=O)Nc2ccc(Cl)c(Cl)c2)ccc1OCC(N)=O. The number of methoxy groups -OCH3 is 1. The zero-order valence-electron chi connectivity index (χ0n) is 12.6. The van der Waals surface area contributed by atoms with Crippen molar-refractivity contribution in [3.05, 3.63) is 52.0 Å². The van der Waals surface area contributed by atoms with E-state index in [4.69, 9.17) is 38.4 Å². The summed E-state index contributed by atoms with van der Waals surface area (Å²) in [5.41, 5.74) is 5.87. The Kier molecular flexibility index (Phi) is 5.89. The van der Waals surface area contributed by atoms with Crippen molar-refractivity contribution in [3.8, 4) is 11.5 Å². The van der Waals surface area contributed by atoms with Crippen molar-refractivity contribution in [2.45, 2.75) is 0 Å². The molecule has 0 saturated heterocycles. The Morgan fingerprint density at radius 3 is 2.46 bits per heavy atom. The van der Waals surface area contributed by atoms with E-state index in [1.807, 2.05) is 0 Å². The molecule has 2 rings (SSSR count). The topological polar surface area (TPSA) is 90.7 Å². The number of hydrogen-bond acceptors (Lipinski definition) is 4. The minimum Gasteiger partial charge on any atom is -0.493 e. The van der Waals surface area contributed by atoms with E-state index in [1.165, 1.54) is 25.3 Å². The van der Waals surface area contributed by atoms with Crippen LogP contribution in [0.1, 0.15) is 10.4 Å². The number of anilines is 1. The number of benzene rings is 2. The van der Waals surface area contributed by atoms with Crippen molar-refractivity contribution in [1.82, 2.24) is 0 Å². The number of halogens is 2. The van der Waals surface area contributed by atoms with E-state index in [0.717, 1.165) is 0 Å². The third kappa shape index (κ3) is 4.53. The average molecular weight is 369 g/mol. The van der Waals surface area contributed by atoms with Crippen LogP contribution in [-0.4, -0.2) is 25.5 Å². The summed E-state index contributed by atoms with van der Waals surface area (Å²) >= 11 is 11.7. The molecule has 0 atom stereocenters. The highest BCUT2D eigenvalue weighted by Gasteiger charge is 2.12. The van der Waals surface area contributed by atoms with Gasteiger partial charge < -0.3 is 20.5 Å². The van der Waals surface area contributed by atoms with Gasteiger partial charge >= 0.3 is 0 Å². The molecule has 2 aromatic rings. The lowest BCUT2D eigenvalue weighted by Gasteiger charge is -2.11. The smallest absolute Gasteiger partial charge is 0.255 e. The minimum absolute atomic E-state index is 0.287. The first-order valence-electron chi connectivity index (χ1n) is 6.76. The molecule has 0 saturated carbocycles. The number of carbonyl (C=O) groups excluding carboxylic acids is 2. The van der Waals surface area contributed by atoms with Crippen LogP contribution in [-0.2, 0) is 4.79 Å². The summed E-state index contributed by atoms with van der Waals surface area (Å²) in [6, 6.07) is 9.30. The van der Waals surface area contributed by atoms with Gasteiger partial charge in [-0.1, -0.05) is 23.2 Å². The summed E-state index contributed by atoms with van der Waals surface area (Å²) in [5, 5.41) is 3.43. The second kappa shape index (κ2) is 7.90. The molecule has 2 aromatic carbocycles. The lowest BCUT2D eigenvalue weighted by molar-refractivity contribution is -0.119. The lowest BCUT2D eigenvalue weighted by atomic mass is 10.2. The van der Waals surface area contributed by atoms with Gasteiger partial charge in [0.15, 0.2) is 18.1 Å². The van der Waals surface area contributed by atoms with E-state index in [9.17, 15) is 9.59 Å². The molecule has 24 heavy (non-hydrogen) atoms. The first-order chi connectivity index (χ1) is 11.4. The summed E-state index contributed by atoms with van der Waals surface area (Å²) in [6.07, 6.45) is 0. The highest BCUT2D eigenvalue weighted by Crippen LogP contribution is 2.29. The molecule has 0 aliphatic heterocycles. The second-order valence-electron chi connectivity index (χ2n) is 4.70. The number of hydrogen-bond donors (Lipinski definition) is 2. The zero-order valence-corrected chi connectivity index (χ0v) is 14.1. The Morgan fingerprint density at radius 2 is 1.83 bits per heavy atom. The molecule has 8 heteroatoms. The van der Waals surface area contributed by atoms with Gasteiger partial charge in [-0.05, 0) is 36.4 Å². The summed E-state index contributed by atoms with van der Waals surface area (Å²) in [4.78, 5) is 23.1. The van der Waals surface area contributed by atoms with Crippen LogP contribution >= 0.6 is 23.2 Å². The third-order valence-corrected chi connectivity index (χ3v) is 3.71. The van der Waals surface area contributed by atoms with E-state index in [0.29, 0.717) is 32.8 Å². The van der Waals surface area contributed by atoms with E-state index < -0.39 is 5.91 Å². The largest absolute Gasteiger partial charge is 0.493 e. The highest BCUT2D eigenvalue weighted by atomic mass is 35.5. The number of nitrogens with one attached hydrogen (secondary N) is 1. The van der Waals surface area contributed by atoms with Crippen LogP contribution in [0.4, 0.5) is 5.69 Å². The molecule has 0 unspecified atom stereocenters. The summed E-state index contributed by atoms with van der Waals surface area (Å²) in [7, 11) is 1.42. The normalized spacial score (nSPS) is 10.1. The molecule has 126 valence electrons. The van der Waals surface area contributed by atoms with Gasteiger partial charge in [0.05, 0.1) is 17.2 Å². The van der Waals surface area contributed by atoms with Crippen LogP contribution in [0.5, 0.6) is 11.5 Å². The predicted molar refractivity (Wildman–Crippen MR) is 92.1 cm³/mol. The van der Waals surface area contributed by atoms with Crippen molar-refractivity contribution < 1.29 is 19.1 Å². The van der Waals surface area contributed by atoms with Crippen LogP contribution in [0.2, 0.25) is 10.0 Å². The van der Waals surface area contributed by atoms with E-state index >= 15 is 0 Å². The fourth-order valence-corrected chi connectivity index (χ4v) is 2.15. The Hall–Kier alpha value is -2.44. The van der Waals surface area contributed by atoms with Crippen LogP contribution in [0, 0.1) is 0 Å². The molecule has 0 aliphatic carbocycles. The fraction of sp³-hybridized carbons (Fsp3) is 0.125. The van der Waals surface area contributed by atoms with Crippen LogP contribution in [0.3, 0.4) is 0 Å². The number of ether oxygens (including phenoxy) is 2. The number of nitrogens with two attached hydrogens (primary N) is 1. The quantitative estimate of drug-likeness (QED) is 0.819. The molecule has 0 fully saturated rings. The van der Waals surface area contributed by atoms with Gasteiger partial charge in [-0.2, -0.15) is 0 Å². The number of carbonyl (C=O) groups is 2. The number of amides is 2.